The fourth-order valence-corrected chi connectivity index (χ4v) is 0.594. The van der Waals surface area contributed by atoms with Crippen LogP contribution in [-0.2, 0) is 0 Å². The van der Waals surface area contributed by atoms with Gasteiger partial charge in [-0.25, -0.2) is 0 Å². The number of rotatable bonds is 3. The molecular formula is C16H31N. The van der Waals surface area contributed by atoms with Crippen molar-refractivity contribution in [2.75, 3.05) is 7.05 Å². The van der Waals surface area contributed by atoms with Crippen molar-refractivity contribution in [1.29, 1.82) is 0 Å². The Kier molecular flexibility index (Phi) is 53.1. The number of terminal acetylenes is 1. The van der Waals surface area contributed by atoms with Crippen molar-refractivity contribution in [1.82, 2.24) is 5.32 Å². The summed E-state index contributed by atoms with van der Waals surface area (Å²) in [6.45, 7) is 13.7. The zero-order chi connectivity index (χ0) is 14.5. The lowest BCUT2D eigenvalue weighted by Gasteiger charge is -1.95. The molecule has 100 valence electrons. The first-order chi connectivity index (χ1) is 8.26. The van der Waals surface area contributed by atoms with Gasteiger partial charge in [0.25, 0.3) is 0 Å². The maximum absolute atomic E-state index is 4.60. The largest absolute Gasteiger partial charge is 0.388 e. The Morgan fingerprint density at radius 2 is 1.47 bits per heavy atom. The first kappa shape index (κ1) is 24.7. The molecule has 0 bridgehead atoms. The number of nitrogens with one attached hydrogen (secondary N) is 1. The molecule has 0 spiro atoms. The lowest BCUT2D eigenvalue weighted by Crippen LogP contribution is -2.01. The van der Waals surface area contributed by atoms with Crippen molar-refractivity contribution in [3.63, 3.8) is 0 Å². The minimum Gasteiger partial charge on any atom is -0.388 e. The maximum Gasteiger partial charge on any atom is 0.0294 e. The Labute approximate surface area is 110 Å². The zero-order valence-electron chi connectivity index (χ0n) is 13.0. The van der Waals surface area contributed by atoms with Gasteiger partial charge in [0.2, 0.25) is 0 Å². The molecule has 0 aromatic carbocycles. The van der Waals surface area contributed by atoms with Crippen molar-refractivity contribution in [3.8, 4) is 12.3 Å². The molecule has 0 radical (unpaired) electrons. The van der Waals surface area contributed by atoms with Gasteiger partial charge in [-0.1, -0.05) is 52.0 Å². The van der Waals surface area contributed by atoms with Gasteiger partial charge < -0.3 is 5.32 Å². The summed E-state index contributed by atoms with van der Waals surface area (Å²) in [5, 5.41) is 3.05. The topological polar surface area (TPSA) is 12.0 Å². The van der Waals surface area contributed by atoms with E-state index in [4.69, 9.17) is 0 Å². The minimum atomic E-state index is 1.14. The highest BCUT2D eigenvalue weighted by Gasteiger charge is 1.78. The molecule has 17 heavy (non-hydrogen) atoms. The molecule has 0 unspecified atom stereocenters. The highest BCUT2D eigenvalue weighted by Crippen LogP contribution is 1.89. The summed E-state index contributed by atoms with van der Waals surface area (Å²) in [5.41, 5.74) is 1.14. The summed E-state index contributed by atoms with van der Waals surface area (Å²) in [7, 11) is 1.91. The van der Waals surface area contributed by atoms with Crippen molar-refractivity contribution in [3.05, 3.63) is 36.1 Å². The fourth-order valence-electron chi connectivity index (χ4n) is 0.594. The minimum absolute atomic E-state index is 1.14. The molecule has 0 aliphatic carbocycles. The third-order valence-electron chi connectivity index (χ3n) is 1.18. The first-order valence-electron chi connectivity index (χ1n) is 6.27. The van der Waals surface area contributed by atoms with E-state index >= 15 is 0 Å². The van der Waals surface area contributed by atoms with E-state index in [2.05, 4.69) is 17.7 Å². The average molecular weight is 237 g/mol. The van der Waals surface area contributed by atoms with E-state index in [0.717, 1.165) is 5.70 Å². The SMILES string of the molecule is C#CC.CC.CC.C\C=C/C=C\C(=C/C)NC. The molecular weight excluding hydrogens is 206 g/mol. The van der Waals surface area contributed by atoms with E-state index < -0.39 is 0 Å². The average Bonchev–Trinajstić information content (AvgIpc) is 2.40. The summed E-state index contributed by atoms with van der Waals surface area (Å²) in [4.78, 5) is 0. The maximum atomic E-state index is 4.60. The molecule has 1 N–H and O–H groups in total. The van der Waals surface area contributed by atoms with Crippen molar-refractivity contribution in [2.24, 2.45) is 0 Å². The van der Waals surface area contributed by atoms with Crippen molar-refractivity contribution in [2.45, 2.75) is 48.5 Å². The van der Waals surface area contributed by atoms with Gasteiger partial charge in [0.1, 0.15) is 0 Å². The molecule has 0 aromatic heterocycles. The van der Waals surface area contributed by atoms with E-state index in [-0.39, 0.29) is 0 Å². The third kappa shape index (κ3) is 40.2. The van der Waals surface area contributed by atoms with Crippen molar-refractivity contribution < 1.29 is 0 Å². The van der Waals surface area contributed by atoms with E-state index in [1.807, 2.05) is 79.0 Å². The molecule has 0 aromatic rings. The second-order valence-corrected chi connectivity index (χ2v) is 2.17. The molecule has 0 rings (SSSR count). The highest BCUT2D eigenvalue weighted by atomic mass is 14.8. The predicted octanol–water partition coefficient (Wildman–Crippen LogP) is 4.93. The monoisotopic (exact) mass is 237 g/mol. The van der Waals surface area contributed by atoms with Crippen LogP contribution >= 0.6 is 0 Å². The van der Waals surface area contributed by atoms with Crippen LogP contribution in [0.2, 0.25) is 0 Å². The smallest absolute Gasteiger partial charge is 0.0294 e. The first-order valence-corrected chi connectivity index (χ1v) is 6.27. The highest BCUT2D eigenvalue weighted by molar-refractivity contribution is 5.19. The lowest BCUT2D eigenvalue weighted by molar-refractivity contribution is 1.03. The van der Waals surface area contributed by atoms with E-state index in [0.29, 0.717) is 0 Å². The van der Waals surface area contributed by atoms with Gasteiger partial charge in [-0.3, -0.25) is 0 Å². The summed E-state index contributed by atoms with van der Waals surface area (Å²) in [5.74, 6) is 2.25. The van der Waals surface area contributed by atoms with Crippen molar-refractivity contribution >= 4 is 0 Å². The number of hydrogen-bond acceptors (Lipinski definition) is 1. The Morgan fingerprint density at radius 1 is 1.06 bits per heavy atom. The number of hydrogen-bond donors (Lipinski definition) is 1. The van der Waals surface area contributed by atoms with Crippen LogP contribution in [0.1, 0.15) is 48.5 Å². The second kappa shape index (κ2) is 36.5. The Balaban J connectivity index is -0.000000102. The lowest BCUT2D eigenvalue weighted by atomic mass is 10.3. The van der Waals surface area contributed by atoms with Gasteiger partial charge in [0.05, 0.1) is 0 Å². The standard InChI is InChI=1S/C9H15N.C3H4.2C2H6/c1-4-6-7-8-9(5-2)10-3;1-3-2;2*1-2/h4-8,10H,1-3H3;1H,2H3;2*1-2H3/b6-4-,8-7-,9-5+;;;. The molecule has 1 nitrogen and oxygen atoms in total. The van der Waals surface area contributed by atoms with Crippen LogP contribution in [0.3, 0.4) is 0 Å². The summed E-state index contributed by atoms with van der Waals surface area (Å²) in [6, 6.07) is 0. The van der Waals surface area contributed by atoms with Gasteiger partial charge in [0.15, 0.2) is 0 Å². The van der Waals surface area contributed by atoms with Crippen LogP contribution < -0.4 is 5.32 Å². The molecule has 1 heteroatoms. The van der Waals surface area contributed by atoms with Crippen LogP contribution in [0.25, 0.3) is 0 Å². The molecule has 0 atom stereocenters. The molecule has 0 fully saturated rings. The van der Waals surface area contributed by atoms with Crippen LogP contribution in [-0.4, -0.2) is 7.05 Å². The van der Waals surface area contributed by atoms with Crippen LogP contribution in [0.15, 0.2) is 36.1 Å². The quantitative estimate of drug-likeness (QED) is 0.542. The normalized spacial score (nSPS) is 9.00. The van der Waals surface area contributed by atoms with Gasteiger partial charge in [-0.05, 0) is 26.8 Å². The summed E-state index contributed by atoms with van der Waals surface area (Å²) < 4.78 is 0. The Hall–Kier alpha value is -1.42. The van der Waals surface area contributed by atoms with E-state index in [1.54, 1.807) is 6.92 Å². The van der Waals surface area contributed by atoms with Gasteiger partial charge in [0, 0.05) is 12.7 Å². The van der Waals surface area contributed by atoms with Crippen LogP contribution in [0.5, 0.6) is 0 Å². The van der Waals surface area contributed by atoms with Gasteiger partial charge in [-0.15, -0.1) is 12.3 Å². The number of likely N-dealkylation sites (N-methyl/N-ethyl adjacent to an activating group) is 1. The molecule has 0 heterocycles. The Bertz CT molecular complexity index is 214. The molecule has 0 saturated heterocycles. The van der Waals surface area contributed by atoms with Gasteiger partial charge in [-0.2, -0.15) is 0 Å². The predicted molar refractivity (Wildman–Crippen MR) is 84.0 cm³/mol. The summed E-state index contributed by atoms with van der Waals surface area (Å²) >= 11 is 0. The van der Waals surface area contributed by atoms with E-state index in [9.17, 15) is 0 Å². The second-order valence-electron chi connectivity index (χ2n) is 2.17. The number of allylic oxidation sites excluding steroid dienone is 5. The molecule has 0 saturated carbocycles. The third-order valence-corrected chi connectivity index (χ3v) is 1.18. The fraction of sp³-hybridized carbons (Fsp3) is 0.500. The zero-order valence-corrected chi connectivity index (χ0v) is 13.0. The molecule has 0 amide bonds. The Morgan fingerprint density at radius 3 is 1.71 bits per heavy atom. The van der Waals surface area contributed by atoms with E-state index in [1.165, 1.54) is 0 Å². The molecule has 0 aliphatic rings. The molecule has 0 aliphatic heterocycles. The summed E-state index contributed by atoms with van der Waals surface area (Å²) in [6.07, 6.45) is 14.7. The van der Waals surface area contributed by atoms with Crippen LogP contribution in [0, 0.1) is 12.3 Å². The van der Waals surface area contributed by atoms with Crippen LogP contribution in [0.4, 0.5) is 0 Å². The van der Waals surface area contributed by atoms with Gasteiger partial charge >= 0.3 is 0 Å².